The number of amides is 2. The van der Waals surface area contributed by atoms with E-state index in [2.05, 4.69) is 15.6 Å². The van der Waals surface area contributed by atoms with E-state index in [1.807, 2.05) is 0 Å². The van der Waals surface area contributed by atoms with Gasteiger partial charge in [0.25, 0.3) is 0 Å². The summed E-state index contributed by atoms with van der Waals surface area (Å²) in [6.07, 6.45) is 0. The maximum atomic E-state index is 11.5. The quantitative estimate of drug-likeness (QED) is 0.670. The third-order valence-electron chi connectivity index (χ3n) is 1.79. The number of halogens is 2. The molecule has 0 aliphatic rings. The molecule has 104 valence electrons. The van der Waals surface area contributed by atoms with Crippen LogP contribution in [0.2, 0.25) is 0 Å². The molecule has 0 saturated heterocycles. The second kappa shape index (κ2) is 7.27. The van der Waals surface area contributed by atoms with Crippen LogP contribution < -0.4 is 10.6 Å². The van der Waals surface area contributed by atoms with Crippen molar-refractivity contribution in [3.8, 4) is 0 Å². The predicted octanol–water partition coefficient (Wildman–Crippen LogP) is 0.801. The van der Waals surface area contributed by atoms with E-state index >= 15 is 0 Å². The highest BCUT2D eigenvalue weighted by atomic mass is 35.5. The van der Waals surface area contributed by atoms with Gasteiger partial charge in [-0.05, 0) is 0 Å². The lowest BCUT2D eigenvalue weighted by Crippen LogP contribution is -2.31. The number of hydrogen-bond donors (Lipinski definition) is 3. The van der Waals surface area contributed by atoms with Crippen LogP contribution in [0, 0.1) is 0 Å². The van der Waals surface area contributed by atoms with Crippen LogP contribution in [0.5, 0.6) is 0 Å². The van der Waals surface area contributed by atoms with Gasteiger partial charge in [0, 0.05) is 5.38 Å². The number of rotatable bonds is 6. The maximum absolute atomic E-state index is 11.5. The number of alkyl halides is 2. The second-order valence-corrected chi connectivity index (χ2v) is 4.80. The number of carbonyl (C=O) groups is 3. The van der Waals surface area contributed by atoms with Crippen LogP contribution >= 0.6 is 34.5 Å². The number of carbonyl (C=O) groups excluding carboxylic acids is 2. The molecule has 1 atom stereocenters. The van der Waals surface area contributed by atoms with Gasteiger partial charge in [0.05, 0.1) is 5.69 Å². The lowest BCUT2D eigenvalue weighted by molar-refractivity contribution is -0.137. The molecule has 7 nitrogen and oxygen atoms in total. The summed E-state index contributed by atoms with van der Waals surface area (Å²) in [5, 5.41) is 13.6. The standard InChI is InChI=1S/C9H9Cl2N3O4S/c10-1-5(15)14-9-13-4(3-19-9)7(11)8(18)12-2-6(16)17/h3,7H,1-2H2,(H,12,18)(H,16,17)(H,13,14,15)/t7-/m0/s1. The Morgan fingerprint density at radius 2 is 2.16 bits per heavy atom. The van der Waals surface area contributed by atoms with Gasteiger partial charge in [-0.2, -0.15) is 0 Å². The summed E-state index contributed by atoms with van der Waals surface area (Å²) < 4.78 is 0. The van der Waals surface area contributed by atoms with Crippen molar-refractivity contribution in [2.75, 3.05) is 17.7 Å². The maximum Gasteiger partial charge on any atom is 0.322 e. The summed E-state index contributed by atoms with van der Waals surface area (Å²) >= 11 is 12.2. The first-order valence-corrected chi connectivity index (χ1v) is 6.74. The van der Waals surface area contributed by atoms with Gasteiger partial charge >= 0.3 is 5.97 Å². The zero-order valence-corrected chi connectivity index (χ0v) is 11.7. The van der Waals surface area contributed by atoms with Gasteiger partial charge in [0.15, 0.2) is 10.5 Å². The Bertz CT molecular complexity index is 494. The van der Waals surface area contributed by atoms with Crippen LogP contribution in [0.1, 0.15) is 11.1 Å². The van der Waals surface area contributed by atoms with Crippen LogP contribution in [0.3, 0.4) is 0 Å². The van der Waals surface area contributed by atoms with E-state index < -0.39 is 29.7 Å². The molecule has 19 heavy (non-hydrogen) atoms. The number of nitrogens with zero attached hydrogens (tertiary/aromatic N) is 1. The van der Waals surface area contributed by atoms with Crippen molar-refractivity contribution < 1.29 is 19.5 Å². The molecule has 1 rings (SSSR count). The molecule has 3 N–H and O–H groups in total. The fraction of sp³-hybridized carbons (Fsp3) is 0.333. The molecule has 1 heterocycles. The highest BCUT2D eigenvalue weighted by molar-refractivity contribution is 7.14. The van der Waals surface area contributed by atoms with Crippen molar-refractivity contribution in [2.24, 2.45) is 0 Å². The lowest BCUT2D eigenvalue weighted by Gasteiger charge is -2.06. The summed E-state index contributed by atoms with van der Waals surface area (Å²) in [5.74, 6) is -2.49. The average molecular weight is 326 g/mol. The normalized spacial score (nSPS) is 11.7. The number of carboxylic acids is 1. The molecule has 2 amide bonds. The number of thiazole rings is 1. The van der Waals surface area contributed by atoms with Gasteiger partial charge in [0.1, 0.15) is 12.4 Å². The molecular weight excluding hydrogens is 317 g/mol. The van der Waals surface area contributed by atoms with E-state index in [1.165, 1.54) is 5.38 Å². The third kappa shape index (κ3) is 5.01. The van der Waals surface area contributed by atoms with E-state index in [9.17, 15) is 14.4 Å². The van der Waals surface area contributed by atoms with Crippen LogP contribution in [-0.4, -0.2) is 40.3 Å². The zero-order chi connectivity index (χ0) is 14.4. The van der Waals surface area contributed by atoms with Gasteiger partial charge in [-0.25, -0.2) is 4.98 Å². The molecule has 0 unspecified atom stereocenters. The van der Waals surface area contributed by atoms with Crippen molar-refractivity contribution in [3.63, 3.8) is 0 Å². The SMILES string of the molecule is O=C(O)CNC(=O)[C@@H](Cl)c1csc(NC(=O)CCl)n1. The molecule has 10 heteroatoms. The first kappa shape index (κ1) is 15.7. The van der Waals surface area contributed by atoms with E-state index in [0.717, 1.165) is 11.3 Å². The summed E-state index contributed by atoms with van der Waals surface area (Å²) in [7, 11) is 0. The number of carboxylic acid groups (broad SMARTS) is 1. The van der Waals surface area contributed by atoms with E-state index in [-0.39, 0.29) is 16.7 Å². The smallest absolute Gasteiger partial charge is 0.322 e. The average Bonchev–Trinajstić information content (AvgIpc) is 2.83. The molecule has 0 radical (unpaired) electrons. The summed E-state index contributed by atoms with van der Waals surface area (Å²) in [4.78, 5) is 36.7. The molecule has 0 fully saturated rings. The van der Waals surface area contributed by atoms with Crippen LogP contribution in [0.25, 0.3) is 0 Å². The topological polar surface area (TPSA) is 108 Å². The minimum absolute atomic E-state index is 0.210. The largest absolute Gasteiger partial charge is 0.480 e. The first-order chi connectivity index (χ1) is 8.93. The third-order valence-corrected chi connectivity index (χ3v) is 3.23. The molecule has 1 aromatic rings. The monoisotopic (exact) mass is 325 g/mol. The lowest BCUT2D eigenvalue weighted by atomic mass is 10.3. The number of aliphatic carboxylic acids is 1. The minimum atomic E-state index is -1.18. The zero-order valence-electron chi connectivity index (χ0n) is 9.35. The first-order valence-electron chi connectivity index (χ1n) is 4.89. The van der Waals surface area contributed by atoms with E-state index in [4.69, 9.17) is 28.3 Å². The van der Waals surface area contributed by atoms with E-state index in [1.54, 1.807) is 0 Å². The Balaban J connectivity index is 2.62. The summed E-state index contributed by atoms with van der Waals surface area (Å²) in [5.41, 5.74) is 0.222. The molecule has 0 saturated carbocycles. The van der Waals surface area contributed by atoms with E-state index in [0.29, 0.717) is 0 Å². The van der Waals surface area contributed by atoms with Gasteiger partial charge in [-0.3, -0.25) is 14.4 Å². The number of nitrogens with one attached hydrogen (secondary N) is 2. The number of anilines is 1. The molecule has 0 aromatic carbocycles. The Kier molecular flexibility index (Phi) is 6.00. The minimum Gasteiger partial charge on any atom is -0.480 e. The van der Waals surface area contributed by atoms with Crippen molar-refractivity contribution in [3.05, 3.63) is 11.1 Å². The van der Waals surface area contributed by atoms with Gasteiger partial charge in [-0.15, -0.1) is 34.5 Å². The van der Waals surface area contributed by atoms with Gasteiger partial charge in [-0.1, -0.05) is 0 Å². The molecule has 0 spiro atoms. The van der Waals surface area contributed by atoms with Crippen LogP contribution in [0.15, 0.2) is 5.38 Å². The summed E-state index contributed by atoms with van der Waals surface area (Å²) in [6.45, 7) is -0.526. The Hall–Kier alpha value is -1.38. The van der Waals surface area contributed by atoms with Crippen LogP contribution in [-0.2, 0) is 14.4 Å². The Morgan fingerprint density at radius 3 is 2.74 bits per heavy atom. The summed E-state index contributed by atoms with van der Waals surface area (Å²) in [6, 6.07) is 0. The Labute approximate surface area is 121 Å². The fourth-order valence-corrected chi connectivity index (χ4v) is 2.08. The van der Waals surface area contributed by atoms with Crippen molar-refractivity contribution in [1.82, 2.24) is 10.3 Å². The second-order valence-electron chi connectivity index (χ2n) is 3.23. The van der Waals surface area contributed by atoms with Gasteiger partial charge in [0.2, 0.25) is 11.8 Å². The van der Waals surface area contributed by atoms with Crippen molar-refractivity contribution in [2.45, 2.75) is 5.38 Å². The predicted molar refractivity (Wildman–Crippen MR) is 70.7 cm³/mol. The molecule has 0 bridgehead atoms. The highest BCUT2D eigenvalue weighted by Crippen LogP contribution is 2.25. The molecular formula is C9H9Cl2N3O4S. The molecule has 0 aliphatic heterocycles. The van der Waals surface area contributed by atoms with Crippen LogP contribution in [0.4, 0.5) is 5.13 Å². The molecule has 1 aromatic heterocycles. The number of hydrogen-bond acceptors (Lipinski definition) is 5. The molecule has 0 aliphatic carbocycles. The Morgan fingerprint density at radius 1 is 1.47 bits per heavy atom. The highest BCUT2D eigenvalue weighted by Gasteiger charge is 2.21. The van der Waals surface area contributed by atoms with Crippen molar-refractivity contribution >= 4 is 57.5 Å². The number of aromatic nitrogens is 1. The fourth-order valence-electron chi connectivity index (χ4n) is 0.999. The van der Waals surface area contributed by atoms with Gasteiger partial charge < -0.3 is 15.7 Å². The van der Waals surface area contributed by atoms with Crippen molar-refractivity contribution in [1.29, 1.82) is 0 Å².